The van der Waals surface area contributed by atoms with Crippen molar-refractivity contribution in [2.45, 2.75) is 13.8 Å². The SMILES string of the molecule is CCOc1cc(C)ccc1C(=O)Cl. The van der Waals surface area contributed by atoms with Crippen LogP contribution in [-0.4, -0.2) is 11.8 Å². The van der Waals surface area contributed by atoms with E-state index in [2.05, 4.69) is 0 Å². The van der Waals surface area contributed by atoms with Crippen LogP contribution in [0.4, 0.5) is 0 Å². The molecule has 0 aliphatic rings. The summed E-state index contributed by atoms with van der Waals surface area (Å²) in [6.07, 6.45) is 0. The molecule has 1 aromatic rings. The van der Waals surface area contributed by atoms with E-state index < -0.39 is 5.24 Å². The molecule has 0 aromatic heterocycles. The monoisotopic (exact) mass is 198 g/mol. The molecule has 0 radical (unpaired) electrons. The fourth-order valence-corrected chi connectivity index (χ4v) is 1.22. The van der Waals surface area contributed by atoms with Crippen molar-refractivity contribution in [3.63, 3.8) is 0 Å². The summed E-state index contributed by atoms with van der Waals surface area (Å²) >= 11 is 5.38. The average molecular weight is 199 g/mol. The summed E-state index contributed by atoms with van der Waals surface area (Å²) < 4.78 is 5.27. The minimum absolute atomic E-state index is 0.425. The lowest BCUT2D eigenvalue weighted by atomic mass is 10.1. The standard InChI is InChI=1S/C10H11ClO2/c1-3-13-9-6-7(2)4-5-8(9)10(11)12/h4-6H,3H2,1-2H3. The van der Waals surface area contributed by atoms with E-state index in [1.807, 2.05) is 19.9 Å². The van der Waals surface area contributed by atoms with Crippen LogP contribution in [0.5, 0.6) is 5.75 Å². The molecule has 0 saturated carbocycles. The van der Waals surface area contributed by atoms with E-state index in [1.165, 1.54) is 0 Å². The summed E-state index contributed by atoms with van der Waals surface area (Å²) in [6, 6.07) is 5.31. The Balaban J connectivity index is 3.10. The third-order valence-corrected chi connectivity index (χ3v) is 1.85. The van der Waals surface area contributed by atoms with Gasteiger partial charge in [-0.15, -0.1) is 0 Å². The summed E-state index contributed by atoms with van der Waals surface area (Å²) in [5.74, 6) is 0.558. The lowest BCUT2D eigenvalue weighted by molar-refractivity contribution is 0.107. The molecule has 0 amide bonds. The normalized spacial score (nSPS) is 9.77. The first-order valence-corrected chi connectivity index (χ1v) is 4.46. The Labute approximate surface area is 82.5 Å². The van der Waals surface area contributed by atoms with Crippen LogP contribution in [-0.2, 0) is 0 Å². The quantitative estimate of drug-likeness (QED) is 0.699. The van der Waals surface area contributed by atoms with E-state index >= 15 is 0 Å². The van der Waals surface area contributed by atoms with Crippen LogP contribution in [0, 0.1) is 6.92 Å². The Morgan fingerprint density at radius 1 is 1.54 bits per heavy atom. The zero-order valence-electron chi connectivity index (χ0n) is 7.63. The number of halogens is 1. The lowest BCUT2D eigenvalue weighted by Gasteiger charge is -2.07. The van der Waals surface area contributed by atoms with Crippen LogP contribution in [0.15, 0.2) is 18.2 Å². The van der Waals surface area contributed by atoms with Crippen molar-refractivity contribution < 1.29 is 9.53 Å². The molecular weight excluding hydrogens is 188 g/mol. The minimum atomic E-state index is -0.483. The van der Waals surface area contributed by atoms with Crippen LogP contribution in [0.3, 0.4) is 0 Å². The van der Waals surface area contributed by atoms with Gasteiger partial charge in [0, 0.05) is 0 Å². The molecule has 0 unspecified atom stereocenters. The van der Waals surface area contributed by atoms with Crippen LogP contribution in [0.1, 0.15) is 22.8 Å². The second-order valence-electron chi connectivity index (χ2n) is 2.71. The largest absolute Gasteiger partial charge is 0.493 e. The van der Waals surface area contributed by atoms with Gasteiger partial charge >= 0.3 is 0 Å². The molecular formula is C10H11ClO2. The van der Waals surface area contributed by atoms with Gasteiger partial charge < -0.3 is 4.74 Å². The molecule has 0 bridgehead atoms. The van der Waals surface area contributed by atoms with Gasteiger partial charge in [-0.05, 0) is 43.1 Å². The number of benzene rings is 1. The van der Waals surface area contributed by atoms with Crippen molar-refractivity contribution in [2.24, 2.45) is 0 Å². The first kappa shape index (κ1) is 10.1. The van der Waals surface area contributed by atoms with Crippen molar-refractivity contribution in [3.05, 3.63) is 29.3 Å². The maximum atomic E-state index is 10.9. The van der Waals surface area contributed by atoms with Gasteiger partial charge in [0.1, 0.15) is 5.75 Å². The molecule has 13 heavy (non-hydrogen) atoms. The minimum Gasteiger partial charge on any atom is -0.493 e. The van der Waals surface area contributed by atoms with Crippen molar-refractivity contribution >= 4 is 16.8 Å². The predicted molar refractivity (Wildman–Crippen MR) is 52.5 cm³/mol. The third kappa shape index (κ3) is 2.46. The fraction of sp³-hybridized carbons (Fsp3) is 0.300. The summed E-state index contributed by atoms with van der Waals surface area (Å²) in [5.41, 5.74) is 1.47. The van der Waals surface area contributed by atoms with E-state index in [4.69, 9.17) is 16.3 Å². The zero-order valence-corrected chi connectivity index (χ0v) is 8.39. The summed E-state index contributed by atoms with van der Waals surface area (Å²) in [5, 5.41) is -0.483. The molecule has 0 heterocycles. The van der Waals surface area contributed by atoms with E-state index in [-0.39, 0.29) is 0 Å². The van der Waals surface area contributed by atoms with E-state index in [0.29, 0.717) is 17.9 Å². The smallest absolute Gasteiger partial charge is 0.256 e. The van der Waals surface area contributed by atoms with Crippen LogP contribution >= 0.6 is 11.6 Å². The highest BCUT2D eigenvalue weighted by molar-refractivity contribution is 6.68. The van der Waals surface area contributed by atoms with E-state index in [9.17, 15) is 4.79 Å². The first-order chi connectivity index (χ1) is 6.15. The van der Waals surface area contributed by atoms with Gasteiger partial charge in [-0.3, -0.25) is 4.79 Å². The van der Waals surface area contributed by atoms with Gasteiger partial charge in [-0.2, -0.15) is 0 Å². The van der Waals surface area contributed by atoms with Crippen molar-refractivity contribution in [1.29, 1.82) is 0 Å². The molecule has 0 spiro atoms. The van der Waals surface area contributed by atoms with Crippen molar-refractivity contribution in [2.75, 3.05) is 6.61 Å². The van der Waals surface area contributed by atoms with Gasteiger partial charge in [0.05, 0.1) is 12.2 Å². The van der Waals surface area contributed by atoms with Gasteiger partial charge in [0.2, 0.25) is 0 Å². The van der Waals surface area contributed by atoms with Gasteiger partial charge in [0.25, 0.3) is 5.24 Å². The number of rotatable bonds is 3. The van der Waals surface area contributed by atoms with Gasteiger partial charge in [0.15, 0.2) is 0 Å². The highest BCUT2D eigenvalue weighted by Crippen LogP contribution is 2.21. The summed E-state index contributed by atoms with van der Waals surface area (Å²) in [6.45, 7) is 4.33. The Kier molecular flexibility index (Phi) is 3.32. The number of ether oxygens (including phenoxy) is 1. The van der Waals surface area contributed by atoms with E-state index in [1.54, 1.807) is 12.1 Å². The van der Waals surface area contributed by atoms with Crippen molar-refractivity contribution in [1.82, 2.24) is 0 Å². The maximum absolute atomic E-state index is 10.9. The maximum Gasteiger partial charge on any atom is 0.256 e. The van der Waals surface area contributed by atoms with Crippen LogP contribution in [0.2, 0.25) is 0 Å². The Morgan fingerprint density at radius 3 is 2.77 bits per heavy atom. The summed E-state index contributed by atoms with van der Waals surface area (Å²) in [7, 11) is 0. The Morgan fingerprint density at radius 2 is 2.23 bits per heavy atom. The molecule has 2 nitrogen and oxygen atoms in total. The average Bonchev–Trinajstić information content (AvgIpc) is 2.04. The summed E-state index contributed by atoms with van der Waals surface area (Å²) in [4.78, 5) is 10.9. The molecule has 0 N–H and O–H groups in total. The molecule has 70 valence electrons. The molecule has 1 rings (SSSR count). The third-order valence-electron chi connectivity index (χ3n) is 1.65. The number of carbonyl (C=O) groups excluding carboxylic acids is 1. The fourth-order valence-electron chi connectivity index (χ4n) is 1.07. The molecule has 1 aromatic carbocycles. The Bertz CT molecular complexity index is 321. The Hall–Kier alpha value is -1.02. The van der Waals surface area contributed by atoms with Crippen LogP contribution in [0.25, 0.3) is 0 Å². The van der Waals surface area contributed by atoms with Gasteiger partial charge in [-0.1, -0.05) is 6.07 Å². The molecule has 0 aliphatic carbocycles. The molecule has 0 saturated heterocycles. The highest BCUT2D eigenvalue weighted by atomic mass is 35.5. The van der Waals surface area contributed by atoms with Crippen molar-refractivity contribution in [3.8, 4) is 5.75 Å². The first-order valence-electron chi connectivity index (χ1n) is 4.08. The molecule has 3 heteroatoms. The second-order valence-corrected chi connectivity index (χ2v) is 3.05. The molecule has 0 fully saturated rings. The lowest BCUT2D eigenvalue weighted by Crippen LogP contribution is -1.99. The topological polar surface area (TPSA) is 26.3 Å². The molecule has 0 atom stereocenters. The number of aryl methyl sites for hydroxylation is 1. The predicted octanol–water partition coefficient (Wildman–Crippen LogP) is 2.77. The zero-order chi connectivity index (χ0) is 9.84. The number of hydrogen-bond donors (Lipinski definition) is 0. The number of carbonyl (C=O) groups is 1. The number of hydrogen-bond acceptors (Lipinski definition) is 2. The van der Waals surface area contributed by atoms with Gasteiger partial charge in [-0.25, -0.2) is 0 Å². The highest BCUT2D eigenvalue weighted by Gasteiger charge is 2.09. The second kappa shape index (κ2) is 4.28. The van der Waals surface area contributed by atoms with Crippen LogP contribution < -0.4 is 4.74 Å². The molecule has 0 aliphatic heterocycles. The van der Waals surface area contributed by atoms with E-state index in [0.717, 1.165) is 5.56 Å².